The van der Waals surface area contributed by atoms with Gasteiger partial charge in [0, 0.05) is 4.47 Å². The number of aryl methyl sites for hydroxylation is 1. The molecule has 112 valence electrons. The van der Waals surface area contributed by atoms with Crippen LogP contribution in [-0.4, -0.2) is 0 Å². The fourth-order valence-corrected chi connectivity index (χ4v) is 2.48. The monoisotopic (exact) mass is 361 g/mol. The smallest absolute Gasteiger partial charge is 0.320 e. The number of hydrogen-bond acceptors (Lipinski definition) is 1. The van der Waals surface area contributed by atoms with Gasteiger partial charge in [-0.2, -0.15) is 13.2 Å². The highest BCUT2D eigenvalue weighted by molar-refractivity contribution is 9.10. The molecule has 0 aliphatic carbocycles. The van der Waals surface area contributed by atoms with Gasteiger partial charge in [0.25, 0.3) is 0 Å². The first-order chi connectivity index (χ1) is 9.70. The van der Waals surface area contributed by atoms with E-state index in [1.807, 2.05) is 0 Å². The number of hydrogen-bond donors (Lipinski definition) is 1. The van der Waals surface area contributed by atoms with E-state index in [0.29, 0.717) is 16.7 Å². The Bertz CT molecular complexity index is 667. The van der Waals surface area contributed by atoms with Gasteiger partial charge in [-0.3, -0.25) is 0 Å². The molecule has 1 unspecified atom stereocenters. The lowest BCUT2D eigenvalue weighted by atomic mass is 9.96. The molecule has 0 spiro atoms. The van der Waals surface area contributed by atoms with E-state index in [9.17, 15) is 17.6 Å². The maximum absolute atomic E-state index is 13.2. The molecule has 0 amide bonds. The van der Waals surface area contributed by atoms with Crippen molar-refractivity contribution in [3.05, 3.63) is 68.9 Å². The first kappa shape index (κ1) is 16.0. The van der Waals surface area contributed by atoms with Crippen LogP contribution in [0.3, 0.4) is 0 Å². The van der Waals surface area contributed by atoms with Crippen molar-refractivity contribution in [1.82, 2.24) is 0 Å². The zero-order valence-electron chi connectivity index (χ0n) is 11.0. The molecule has 0 aliphatic rings. The molecule has 0 aliphatic heterocycles. The van der Waals surface area contributed by atoms with Crippen LogP contribution in [-0.2, 0) is 6.18 Å². The Hall–Kier alpha value is -1.40. The lowest BCUT2D eigenvalue weighted by molar-refractivity contribution is -0.138. The first-order valence-corrected chi connectivity index (χ1v) is 6.87. The summed E-state index contributed by atoms with van der Waals surface area (Å²) < 4.78 is 51.9. The van der Waals surface area contributed by atoms with Crippen LogP contribution in [0.25, 0.3) is 0 Å². The predicted molar refractivity (Wildman–Crippen MR) is 76.3 cm³/mol. The second-order valence-corrected chi connectivity index (χ2v) is 5.58. The average molecular weight is 362 g/mol. The normalized spacial score (nSPS) is 13.3. The molecule has 0 fully saturated rings. The zero-order valence-corrected chi connectivity index (χ0v) is 12.6. The first-order valence-electron chi connectivity index (χ1n) is 6.08. The number of rotatable bonds is 2. The summed E-state index contributed by atoms with van der Waals surface area (Å²) in [5.74, 6) is -0.377. The summed E-state index contributed by atoms with van der Waals surface area (Å²) >= 11 is 2.88. The maximum atomic E-state index is 13.2. The number of benzene rings is 2. The summed E-state index contributed by atoms with van der Waals surface area (Å²) in [6, 6.07) is 7.36. The van der Waals surface area contributed by atoms with Crippen molar-refractivity contribution in [3.63, 3.8) is 0 Å². The third kappa shape index (κ3) is 3.44. The zero-order chi connectivity index (χ0) is 15.8. The Labute approximate surface area is 127 Å². The molecule has 0 aromatic heterocycles. The average Bonchev–Trinajstić information content (AvgIpc) is 2.40. The molecule has 0 bridgehead atoms. The summed E-state index contributed by atoms with van der Waals surface area (Å²) in [4.78, 5) is 0. The molecule has 0 saturated carbocycles. The van der Waals surface area contributed by atoms with Gasteiger partial charge in [-0.1, -0.05) is 34.1 Å². The molecule has 2 N–H and O–H groups in total. The maximum Gasteiger partial charge on any atom is 0.417 e. The lowest BCUT2D eigenvalue weighted by Gasteiger charge is -2.16. The largest absolute Gasteiger partial charge is 0.417 e. The molecule has 21 heavy (non-hydrogen) atoms. The Balaban J connectivity index is 2.44. The number of alkyl halides is 3. The van der Waals surface area contributed by atoms with Crippen LogP contribution >= 0.6 is 15.9 Å². The van der Waals surface area contributed by atoms with E-state index in [1.54, 1.807) is 6.92 Å². The van der Waals surface area contributed by atoms with Gasteiger partial charge in [0.15, 0.2) is 0 Å². The SMILES string of the molecule is Cc1cc(C(N)c2ccc(Br)c(C(F)(F)F)c2)ccc1F. The fourth-order valence-electron chi connectivity index (χ4n) is 2.01. The van der Waals surface area contributed by atoms with Gasteiger partial charge in [0.2, 0.25) is 0 Å². The van der Waals surface area contributed by atoms with Crippen molar-refractivity contribution < 1.29 is 17.6 Å². The molecule has 1 atom stereocenters. The summed E-state index contributed by atoms with van der Waals surface area (Å²) in [5, 5.41) is 0. The van der Waals surface area contributed by atoms with Crippen LogP contribution in [0.4, 0.5) is 17.6 Å². The van der Waals surface area contributed by atoms with Crippen molar-refractivity contribution in [2.24, 2.45) is 5.73 Å². The topological polar surface area (TPSA) is 26.0 Å². The van der Waals surface area contributed by atoms with Gasteiger partial charge in [-0.05, 0) is 41.8 Å². The Kier molecular flexibility index (Phi) is 4.39. The van der Waals surface area contributed by atoms with Crippen molar-refractivity contribution in [3.8, 4) is 0 Å². The van der Waals surface area contributed by atoms with Crippen LogP contribution < -0.4 is 5.73 Å². The van der Waals surface area contributed by atoms with Crippen molar-refractivity contribution in [2.75, 3.05) is 0 Å². The van der Waals surface area contributed by atoms with Gasteiger partial charge < -0.3 is 5.73 Å². The minimum atomic E-state index is -4.47. The van der Waals surface area contributed by atoms with Crippen molar-refractivity contribution in [1.29, 1.82) is 0 Å². The second kappa shape index (κ2) is 5.77. The Morgan fingerprint density at radius 3 is 2.19 bits per heavy atom. The van der Waals surface area contributed by atoms with Gasteiger partial charge in [-0.15, -0.1) is 0 Å². The van der Waals surface area contributed by atoms with Crippen LogP contribution in [0.1, 0.15) is 28.3 Å². The van der Waals surface area contributed by atoms with Gasteiger partial charge in [0.05, 0.1) is 11.6 Å². The highest BCUT2D eigenvalue weighted by Crippen LogP contribution is 2.36. The Morgan fingerprint density at radius 2 is 1.62 bits per heavy atom. The summed E-state index contributed by atoms with van der Waals surface area (Å²) in [5.41, 5.74) is 6.48. The van der Waals surface area contributed by atoms with Crippen LogP contribution in [0.15, 0.2) is 40.9 Å². The molecule has 2 aromatic carbocycles. The molecule has 2 rings (SSSR count). The summed E-state index contributed by atoms with van der Waals surface area (Å²) in [7, 11) is 0. The van der Waals surface area contributed by atoms with E-state index in [4.69, 9.17) is 5.73 Å². The molecule has 6 heteroatoms. The predicted octanol–water partition coefficient (Wildman–Crippen LogP) is 4.96. The van der Waals surface area contributed by atoms with Crippen LogP contribution in [0.5, 0.6) is 0 Å². The minimum absolute atomic E-state index is 0.0405. The molecule has 0 saturated heterocycles. The van der Waals surface area contributed by atoms with Crippen molar-refractivity contribution in [2.45, 2.75) is 19.1 Å². The highest BCUT2D eigenvalue weighted by atomic mass is 79.9. The van der Waals surface area contributed by atoms with Crippen molar-refractivity contribution >= 4 is 15.9 Å². The standard InChI is InChI=1S/C15H12BrF4N/c1-8-6-9(3-5-13(8)17)14(21)10-2-4-12(16)11(7-10)15(18,19)20/h2-7,14H,21H2,1H3. The van der Waals surface area contributed by atoms with Gasteiger partial charge >= 0.3 is 6.18 Å². The van der Waals surface area contributed by atoms with Crippen LogP contribution in [0.2, 0.25) is 0 Å². The van der Waals surface area contributed by atoms with E-state index in [-0.39, 0.29) is 10.3 Å². The highest BCUT2D eigenvalue weighted by Gasteiger charge is 2.33. The van der Waals surface area contributed by atoms with E-state index in [0.717, 1.165) is 6.07 Å². The second-order valence-electron chi connectivity index (χ2n) is 4.72. The van der Waals surface area contributed by atoms with Crippen LogP contribution in [0, 0.1) is 12.7 Å². The van der Waals surface area contributed by atoms with E-state index in [1.165, 1.54) is 30.3 Å². The third-order valence-corrected chi connectivity index (χ3v) is 3.89. The fraction of sp³-hybridized carbons (Fsp3) is 0.200. The lowest BCUT2D eigenvalue weighted by Crippen LogP contribution is -2.14. The van der Waals surface area contributed by atoms with Gasteiger partial charge in [0.1, 0.15) is 5.82 Å². The minimum Gasteiger partial charge on any atom is -0.320 e. The molecule has 0 radical (unpaired) electrons. The molecular formula is C15H12BrF4N. The quantitative estimate of drug-likeness (QED) is 0.751. The summed E-state index contributed by atoms with van der Waals surface area (Å²) in [6.45, 7) is 1.58. The summed E-state index contributed by atoms with van der Waals surface area (Å²) in [6.07, 6.45) is -4.47. The molecule has 2 aromatic rings. The molecule has 0 heterocycles. The number of halogens is 5. The number of nitrogens with two attached hydrogens (primary N) is 1. The Morgan fingerprint density at radius 1 is 1.05 bits per heavy atom. The van der Waals surface area contributed by atoms with E-state index in [2.05, 4.69) is 15.9 Å². The van der Waals surface area contributed by atoms with E-state index < -0.39 is 17.8 Å². The van der Waals surface area contributed by atoms with E-state index >= 15 is 0 Å². The van der Waals surface area contributed by atoms with Gasteiger partial charge in [-0.25, -0.2) is 4.39 Å². The molecule has 1 nitrogen and oxygen atoms in total. The third-order valence-electron chi connectivity index (χ3n) is 3.20. The molecular weight excluding hydrogens is 350 g/mol.